The summed E-state index contributed by atoms with van der Waals surface area (Å²) in [4.78, 5) is 18.4. The lowest BCUT2D eigenvalue weighted by Crippen LogP contribution is -2.35. The van der Waals surface area contributed by atoms with Crippen LogP contribution in [-0.4, -0.2) is 66.5 Å². The third kappa shape index (κ3) is 6.48. The molecule has 5 atom stereocenters. The molecule has 1 fully saturated rings. The number of ether oxygens (including phenoxy) is 1. The highest BCUT2D eigenvalue weighted by atomic mass is 127. The van der Waals surface area contributed by atoms with Gasteiger partial charge < -0.3 is 30.7 Å². The van der Waals surface area contributed by atoms with Crippen molar-refractivity contribution in [3.8, 4) is 16.3 Å². The van der Waals surface area contributed by atoms with Gasteiger partial charge in [0.1, 0.15) is 26.7 Å². The van der Waals surface area contributed by atoms with Crippen molar-refractivity contribution in [2.24, 2.45) is 5.92 Å². The monoisotopic (exact) mass is 702 g/mol. The normalized spacial score (nSPS) is 21.7. The first kappa shape index (κ1) is 29.6. The van der Waals surface area contributed by atoms with Crippen LogP contribution in [-0.2, 0) is 0 Å². The summed E-state index contributed by atoms with van der Waals surface area (Å²) in [5.74, 6) is -0.218. The quantitative estimate of drug-likeness (QED) is 0.0994. The van der Waals surface area contributed by atoms with Gasteiger partial charge in [-0.1, -0.05) is 34.7 Å². The summed E-state index contributed by atoms with van der Waals surface area (Å²) >= 11 is 3.51. The number of aryl methyl sites for hydroxylation is 2. The Hall–Kier alpha value is -2.86. The predicted octanol–water partition coefficient (Wildman–Crippen LogP) is 4.72. The Morgan fingerprint density at radius 1 is 1.07 bits per heavy atom. The van der Waals surface area contributed by atoms with Gasteiger partial charge in [-0.3, -0.25) is 4.98 Å². The molecule has 1 saturated carbocycles. The van der Waals surface area contributed by atoms with E-state index >= 15 is 0 Å². The molecule has 10 nitrogen and oxygen atoms in total. The number of pyridine rings is 1. The number of aliphatic hydroxyl groups excluding tert-OH is 3. The van der Waals surface area contributed by atoms with Crippen molar-refractivity contribution >= 4 is 55.9 Å². The van der Waals surface area contributed by atoms with Gasteiger partial charge in [-0.2, -0.15) is 4.98 Å². The van der Waals surface area contributed by atoms with E-state index in [2.05, 4.69) is 47.9 Å². The molecule has 218 valence electrons. The van der Waals surface area contributed by atoms with E-state index in [1.54, 1.807) is 13.1 Å². The summed E-state index contributed by atoms with van der Waals surface area (Å²) < 4.78 is 42.0. The third-order valence-corrected chi connectivity index (χ3v) is 9.03. The molecule has 1 unspecified atom stereocenters. The van der Waals surface area contributed by atoms with E-state index in [0.717, 1.165) is 15.9 Å². The van der Waals surface area contributed by atoms with Gasteiger partial charge in [0.15, 0.2) is 0 Å². The number of aromatic nitrogens is 4. The molecule has 0 aliphatic heterocycles. The van der Waals surface area contributed by atoms with Crippen LogP contribution in [0.25, 0.3) is 20.8 Å². The number of fused-ring (bicyclic) bond motifs is 1. The number of hydrogen-bond acceptors (Lipinski definition) is 11. The van der Waals surface area contributed by atoms with Gasteiger partial charge in [0.05, 0.1) is 39.3 Å². The Balaban J connectivity index is 1.48. The van der Waals surface area contributed by atoms with E-state index in [1.165, 1.54) is 35.6 Å². The zero-order chi connectivity index (χ0) is 29.5. The first-order valence-corrected chi connectivity index (χ1v) is 14.6. The topological polar surface area (TPSA) is 146 Å². The molecule has 3 heterocycles. The van der Waals surface area contributed by atoms with Crippen LogP contribution < -0.4 is 15.4 Å². The second-order valence-corrected chi connectivity index (χ2v) is 11.9. The second-order valence-electron chi connectivity index (χ2n) is 9.65. The highest BCUT2D eigenvalue weighted by Crippen LogP contribution is 2.39. The van der Waals surface area contributed by atoms with E-state index < -0.39 is 34.6 Å². The molecular formula is C26H26F3IN6O4S. The number of anilines is 2. The predicted molar refractivity (Wildman–Crippen MR) is 156 cm³/mol. The average Bonchev–Trinajstić information content (AvgIpc) is 3.45. The minimum absolute atomic E-state index is 0.231. The van der Waals surface area contributed by atoms with Crippen molar-refractivity contribution in [1.29, 1.82) is 0 Å². The maximum Gasteiger partial charge on any atom is 0.573 e. The van der Waals surface area contributed by atoms with Crippen molar-refractivity contribution in [2.45, 2.75) is 48.9 Å². The lowest BCUT2D eigenvalue weighted by Gasteiger charge is -2.22. The fraction of sp³-hybridized carbons (Fsp3) is 0.385. The zero-order valence-corrected chi connectivity index (χ0v) is 24.7. The number of benzene rings is 1. The fourth-order valence-corrected chi connectivity index (χ4v) is 6.54. The van der Waals surface area contributed by atoms with Gasteiger partial charge in [0.25, 0.3) is 0 Å². The number of hydrogen-bond donors (Lipinski definition) is 5. The van der Waals surface area contributed by atoms with E-state index in [9.17, 15) is 28.5 Å². The maximum atomic E-state index is 12.5. The number of rotatable bonds is 8. The summed E-state index contributed by atoms with van der Waals surface area (Å²) in [5.41, 5.74) is 3.46. The Kier molecular flexibility index (Phi) is 8.52. The third-order valence-electron chi connectivity index (χ3n) is 6.81. The molecule has 1 aromatic carbocycles. The van der Waals surface area contributed by atoms with E-state index in [0.29, 0.717) is 34.1 Å². The molecule has 0 bridgehead atoms. The van der Waals surface area contributed by atoms with Crippen LogP contribution in [0.4, 0.5) is 24.9 Å². The number of aliphatic hydroxyl groups is 3. The van der Waals surface area contributed by atoms with Gasteiger partial charge in [-0.05, 0) is 44.0 Å². The number of thiazole rings is 1. The molecular weight excluding hydrogens is 676 g/mol. The summed E-state index contributed by atoms with van der Waals surface area (Å²) in [7, 11) is 0. The SMILES string of the molecule is Cc1nc(NC(I)c2ccc(OC(F)(F)F)cc2)nc(N[C@@H]2C[C@H](CO)[C@@H](O)[C@H]2O)c1-c1nc2ccnc(C)c2s1. The first-order valence-electron chi connectivity index (χ1n) is 12.5. The first-order chi connectivity index (χ1) is 19.4. The summed E-state index contributed by atoms with van der Waals surface area (Å²) in [5, 5.41) is 37.7. The Morgan fingerprint density at radius 3 is 2.44 bits per heavy atom. The molecule has 41 heavy (non-hydrogen) atoms. The van der Waals surface area contributed by atoms with Crippen LogP contribution in [0.2, 0.25) is 0 Å². The van der Waals surface area contributed by atoms with E-state index in [-0.39, 0.29) is 18.3 Å². The number of halogens is 4. The molecule has 4 aromatic rings. The summed E-state index contributed by atoms with van der Waals surface area (Å²) in [6.45, 7) is 3.42. The summed E-state index contributed by atoms with van der Waals surface area (Å²) in [6, 6.07) is 6.69. The maximum absolute atomic E-state index is 12.5. The number of nitrogens with zero attached hydrogens (tertiary/aromatic N) is 4. The van der Waals surface area contributed by atoms with Gasteiger partial charge in [-0.15, -0.1) is 24.5 Å². The Bertz CT molecular complexity index is 1540. The number of nitrogens with one attached hydrogen (secondary N) is 2. The van der Waals surface area contributed by atoms with Crippen molar-refractivity contribution in [3.63, 3.8) is 0 Å². The van der Waals surface area contributed by atoms with Crippen LogP contribution in [0, 0.1) is 19.8 Å². The molecule has 0 radical (unpaired) electrons. The lowest BCUT2D eigenvalue weighted by atomic mass is 10.1. The Morgan fingerprint density at radius 2 is 1.80 bits per heavy atom. The van der Waals surface area contributed by atoms with Crippen molar-refractivity contribution < 1.29 is 33.2 Å². The van der Waals surface area contributed by atoms with E-state index in [1.807, 2.05) is 13.0 Å². The smallest absolute Gasteiger partial charge is 0.406 e. The molecule has 5 N–H and O–H groups in total. The highest BCUT2D eigenvalue weighted by Gasteiger charge is 2.41. The van der Waals surface area contributed by atoms with Crippen LogP contribution in [0.15, 0.2) is 36.5 Å². The minimum atomic E-state index is -4.78. The van der Waals surface area contributed by atoms with Crippen LogP contribution in [0.1, 0.15) is 27.4 Å². The van der Waals surface area contributed by atoms with Crippen LogP contribution in [0.3, 0.4) is 0 Å². The fourth-order valence-electron chi connectivity index (χ4n) is 4.75. The van der Waals surface area contributed by atoms with Crippen LogP contribution in [0.5, 0.6) is 5.75 Å². The van der Waals surface area contributed by atoms with Gasteiger partial charge in [0, 0.05) is 18.7 Å². The van der Waals surface area contributed by atoms with Crippen molar-refractivity contribution in [2.75, 3.05) is 17.2 Å². The second kappa shape index (κ2) is 11.8. The zero-order valence-electron chi connectivity index (χ0n) is 21.7. The Labute approximate surface area is 250 Å². The average molecular weight is 702 g/mol. The molecule has 3 aromatic heterocycles. The van der Waals surface area contributed by atoms with Crippen LogP contribution >= 0.6 is 33.9 Å². The minimum Gasteiger partial charge on any atom is -0.406 e. The molecule has 1 aliphatic carbocycles. The molecule has 5 rings (SSSR count). The van der Waals surface area contributed by atoms with E-state index in [4.69, 9.17) is 9.97 Å². The van der Waals surface area contributed by atoms with Gasteiger partial charge in [-0.25, -0.2) is 9.97 Å². The largest absolute Gasteiger partial charge is 0.573 e. The molecule has 1 aliphatic rings. The molecule has 0 amide bonds. The molecule has 15 heteroatoms. The van der Waals surface area contributed by atoms with Gasteiger partial charge in [0.2, 0.25) is 5.95 Å². The number of alkyl halides is 4. The highest BCUT2D eigenvalue weighted by molar-refractivity contribution is 14.1. The molecule has 0 spiro atoms. The summed E-state index contributed by atoms with van der Waals surface area (Å²) in [6.07, 6.45) is -5.01. The standard InChI is InChI=1S/C26H26F3IN6O4S/c1-11-18(24-34-16-7-8-31-12(2)21(16)41-24)23(33-17-9-14(10-37)19(38)20(17)39)36-25(32-11)35-22(30)13-3-5-15(6-4-13)40-26(27,28)29/h3-8,14,17,19-20,22,37-39H,9-10H2,1-2H3,(H2,32,33,35,36)/t14-,17-,19-,20+,22?/m1/s1. The van der Waals surface area contributed by atoms with Crippen molar-refractivity contribution in [1.82, 2.24) is 19.9 Å². The van der Waals surface area contributed by atoms with Crippen molar-refractivity contribution in [3.05, 3.63) is 53.5 Å². The van der Waals surface area contributed by atoms with Gasteiger partial charge >= 0.3 is 6.36 Å². The lowest BCUT2D eigenvalue weighted by molar-refractivity contribution is -0.274. The molecule has 0 saturated heterocycles.